The average molecular weight is 411 g/mol. The van der Waals surface area contributed by atoms with Gasteiger partial charge in [-0.25, -0.2) is 5.43 Å². The van der Waals surface area contributed by atoms with E-state index in [0.717, 1.165) is 4.47 Å². The van der Waals surface area contributed by atoms with Crippen molar-refractivity contribution < 1.29 is 14.7 Å². The minimum atomic E-state index is -0.592. The summed E-state index contributed by atoms with van der Waals surface area (Å²) >= 11 is 9.18. The van der Waals surface area contributed by atoms with Crippen molar-refractivity contribution in [2.75, 3.05) is 5.32 Å². The van der Waals surface area contributed by atoms with Crippen LogP contribution in [0, 0.1) is 0 Å². The zero-order chi connectivity index (χ0) is 17.5. The molecule has 0 spiro atoms. The van der Waals surface area contributed by atoms with Crippen LogP contribution in [0.5, 0.6) is 5.75 Å². The molecule has 2 aromatic rings. The summed E-state index contributed by atoms with van der Waals surface area (Å²) in [6.45, 7) is 0. The fourth-order valence-electron chi connectivity index (χ4n) is 1.74. The van der Waals surface area contributed by atoms with Crippen LogP contribution < -0.4 is 10.7 Å². The van der Waals surface area contributed by atoms with Gasteiger partial charge in [-0.2, -0.15) is 5.10 Å². The Bertz CT molecular complexity index is 796. The van der Waals surface area contributed by atoms with Gasteiger partial charge in [0.15, 0.2) is 0 Å². The number of carbonyl (C=O) groups excluding carboxylic acids is 2. The van der Waals surface area contributed by atoms with E-state index in [1.165, 1.54) is 12.3 Å². The van der Waals surface area contributed by atoms with Crippen LogP contribution in [0.25, 0.3) is 0 Å². The summed E-state index contributed by atoms with van der Waals surface area (Å²) in [5.74, 6) is -1.08. The molecule has 0 radical (unpaired) electrons. The Morgan fingerprint density at radius 1 is 1.21 bits per heavy atom. The quantitative estimate of drug-likeness (QED) is 0.401. The smallest absolute Gasteiger partial charge is 0.249 e. The molecule has 8 heteroatoms. The van der Waals surface area contributed by atoms with E-state index >= 15 is 0 Å². The molecule has 0 aliphatic rings. The number of nitrogens with zero attached hydrogens (tertiary/aromatic N) is 1. The van der Waals surface area contributed by atoms with Crippen LogP contribution in [0.4, 0.5) is 5.69 Å². The number of hydrazone groups is 1. The van der Waals surface area contributed by atoms with E-state index in [1.807, 2.05) is 0 Å². The van der Waals surface area contributed by atoms with Crippen molar-refractivity contribution in [3.63, 3.8) is 0 Å². The van der Waals surface area contributed by atoms with Crippen molar-refractivity contribution in [2.24, 2.45) is 5.10 Å². The number of halogens is 2. The van der Waals surface area contributed by atoms with Gasteiger partial charge in [0.25, 0.3) is 0 Å². The first-order valence-corrected chi connectivity index (χ1v) is 7.97. The van der Waals surface area contributed by atoms with E-state index in [9.17, 15) is 14.7 Å². The zero-order valence-electron chi connectivity index (χ0n) is 12.3. The maximum Gasteiger partial charge on any atom is 0.249 e. The molecular formula is C16H13BrClN3O3. The van der Waals surface area contributed by atoms with Gasteiger partial charge in [0.05, 0.1) is 16.9 Å². The molecule has 0 aliphatic heterocycles. The first-order chi connectivity index (χ1) is 11.5. The van der Waals surface area contributed by atoms with Crippen LogP contribution in [0.3, 0.4) is 0 Å². The summed E-state index contributed by atoms with van der Waals surface area (Å²) < 4.78 is 0.757. The molecular weight excluding hydrogens is 398 g/mol. The van der Waals surface area contributed by atoms with E-state index in [1.54, 1.807) is 36.4 Å². The number of benzene rings is 2. The molecule has 0 atom stereocenters. The molecule has 2 amide bonds. The Balaban J connectivity index is 1.87. The Morgan fingerprint density at radius 2 is 1.96 bits per heavy atom. The van der Waals surface area contributed by atoms with E-state index in [-0.39, 0.29) is 5.75 Å². The second-order valence-electron chi connectivity index (χ2n) is 4.70. The average Bonchev–Trinajstić information content (AvgIpc) is 2.53. The fraction of sp³-hybridized carbons (Fsp3) is 0.0625. The molecule has 2 rings (SSSR count). The predicted octanol–water partition coefficient (Wildman–Crippen LogP) is 3.29. The van der Waals surface area contributed by atoms with E-state index in [0.29, 0.717) is 16.3 Å². The van der Waals surface area contributed by atoms with Gasteiger partial charge in [-0.05, 0) is 30.3 Å². The molecule has 0 bridgehead atoms. The van der Waals surface area contributed by atoms with Crippen molar-refractivity contribution >= 4 is 51.2 Å². The molecule has 6 nitrogen and oxygen atoms in total. The number of amides is 2. The molecule has 24 heavy (non-hydrogen) atoms. The van der Waals surface area contributed by atoms with Crippen LogP contribution in [0.1, 0.15) is 12.0 Å². The molecule has 124 valence electrons. The monoisotopic (exact) mass is 409 g/mol. The van der Waals surface area contributed by atoms with Gasteiger partial charge in [-0.15, -0.1) is 0 Å². The molecule has 0 aliphatic carbocycles. The molecule has 2 aromatic carbocycles. The maximum atomic E-state index is 11.8. The summed E-state index contributed by atoms with van der Waals surface area (Å²) in [4.78, 5) is 23.5. The third kappa shape index (κ3) is 5.36. The number of hydrogen-bond acceptors (Lipinski definition) is 4. The highest BCUT2D eigenvalue weighted by atomic mass is 79.9. The molecule has 0 saturated heterocycles. The highest BCUT2D eigenvalue weighted by molar-refractivity contribution is 9.10. The summed E-state index contributed by atoms with van der Waals surface area (Å²) in [7, 11) is 0. The Labute approximate surface area is 151 Å². The first kappa shape index (κ1) is 18.0. The number of anilines is 1. The highest BCUT2D eigenvalue weighted by Crippen LogP contribution is 2.21. The minimum absolute atomic E-state index is 0.0210. The van der Waals surface area contributed by atoms with Crippen molar-refractivity contribution in [2.45, 2.75) is 6.42 Å². The van der Waals surface area contributed by atoms with Gasteiger partial charge in [0, 0.05) is 10.0 Å². The molecule has 0 fully saturated rings. The molecule has 3 N–H and O–H groups in total. The van der Waals surface area contributed by atoms with Crippen molar-refractivity contribution in [3.8, 4) is 5.75 Å². The summed E-state index contributed by atoms with van der Waals surface area (Å²) in [5.41, 5.74) is 3.07. The van der Waals surface area contributed by atoms with Crippen LogP contribution in [-0.4, -0.2) is 23.1 Å². The van der Waals surface area contributed by atoms with Gasteiger partial charge < -0.3 is 10.4 Å². The Hall–Kier alpha value is -2.38. The second kappa shape index (κ2) is 8.47. The number of aromatic hydroxyl groups is 1. The number of hydrogen-bond donors (Lipinski definition) is 3. The summed E-state index contributed by atoms with van der Waals surface area (Å²) in [6.07, 6.45) is 0.872. The van der Waals surface area contributed by atoms with Crippen LogP contribution in [-0.2, 0) is 9.59 Å². The van der Waals surface area contributed by atoms with Crippen molar-refractivity contribution in [3.05, 3.63) is 57.5 Å². The number of rotatable bonds is 5. The minimum Gasteiger partial charge on any atom is -0.507 e. The van der Waals surface area contributed by atoms with Crippen molar-refractivity contribution in [1.29, 1.82) is 0 Å². The van der Waals surface area contributed by atoms with Crippen molar-refractivity contribution in [1.82, 2.24) is 5.43 Å². The lowest BCUT2D eigenvalue weighted by Gasteiger charge is -2.06. The normalized spacial score (nSPS) is 10.6. The first-order valence-electron chi connectivity index (χ1n) is 6.80. The van der Waals surface area contributed by atoms with Gasteiger partial charge in [-0.1, -0.05) is 39.7 Å². The maximum absolute atomic E-state index is 11.8. The van der Waals surface area contributed by atoms with E-state index in [2.05, 4.69) is 31.8 Å². The third-order valence-corrected chi connectivity index (χ3v) is 3.67. The number of para-hydroxylation sites is 1. The summed E-state index contributed by atoms with van der Waals surface area (Å²) in [6, 6.07) is 11.5. The number of nitrogens with one attached hydrogen (secondary N) is 2. The van der Waals surface area contributed by atoms with E-state index in [4.69, 9.17) is 11.6 Å². The lowest BCUT2D eigenvalue weighted by atomic mass is 10.2. The SMILES string of the molecule is O=C(CC(=O)Nc1ccccc1Cl)NN=Cc1cc(Br)ccc1O. The number of carbonyl (C=O) groups is 2. The highest BCUT2D eigenvalue weighted by Gasteiger charge is 2.10. The molecule has 0 heterocycles. The molecule has 0 aromatic heterocycles. The van der Waals surface area contributed by atoms with Gasteiger partial charge in [0.2, 0.25) is 11.8 Å². The lowest BCUT2D eigenvalue weighted by Crippen LogP contribution is -2.24. The van der Waals surface area contributed by atoms with Gasteiger partial charge in [0.1, 0.15) is 12.2 Å². The second-order valence-corrected chi connectivity index (χ2v) is 6.02. The van der Waals surface area contributed by atoms with E-state index < -0.39 is 18.2 Å². The largest absolute Gasteiger partial charge is 0.507 e. The topological polar surface area (TPSA) is 90.8 Å². The summed E-state index contributed by atoms with van der Waals surface area (Å²) in [5, 5.41) is 16.3. The fourth-order valence-corrected chi connectivity index (χ4v) is 2.31. The Kier molecular flexibility index (Phi) is 6.34. The zero-order valence-corrected chi connectivity index (χ0v) is 14.6. The molecule has 0 saturated carbocycles. The van der Waals surface area contributed by atoms with Gasteiger partial charge in [-0.3, -0.25) is 9.59 Å². The number of phenolic OH excluding ortho intramolecular Hbond substituents is 1. The third-order valence-electron chi connectivity index (χ3n) is 2.85. The lowest BCUT2D eigenvalue weighted by molar-refractivity contribution is -0.126. The van der Waals surface area contributed by atoms with Crippen LogP contribution in [0.15, 0.2) is 52.0 Å². The van der Waals surface area contributed by atoms with Crippen LogP contribution >= 0.6 is 27.5 Å². The van der Waals surface area contributed by atoms with Crippen LogP contribution in [0.2, 0.25) is 5.02 Å². The Morgan fingerprint density at radius 3 is 2.71 bits per heavy atom. The molecule has 0 unspecified atom stereocenters. The number of phenols is 1. The standard InChI is InChI=1S/C16H13BrClN3O3/c17-11-5-6-14(22)10(7-11)9-19-21-16(24)8-15(23)20-13-4-2-1-3-12(13)18/h1-7,9,22H,8H2,(H,20,23)(H,21,24). The van der Waals surface area contributed by atoms with Gasteiger partial charge >= 0.3 is 0 Å². The predicted molar refractivity (Wildman–Crippen MR) is 96.2 cm³/mol.